The number of H-pyrrole nitrogens is 1. The predicted octanol–water partition coefficient (Wildman–Crippen LogP) is 2.61. The molecule has 2 aliphatic rings. The molecule has 10 nitrogen and oxygen atoms in total. The Labute approximate surface area is 206 Å². The highest BCUT2D eigenvalue weighted by Gasteiger charge is 2.29. The molecule has 1 saturated heterocycles. The number of benzene rings is 1. The molecular weight excluding hydrogens is 463 g/mol. The summed E-state index contributed by atoms with van der Waals surface area (Å²) < 4.78 is 19.8. The third-order valence-corrected chi connectivity index (χ3v) is 6.53. The molecule has 36 heavy (non-hydrogen) atoms. The Morgan fingerprint density at radius 3 is 2.83 bits per heavy atom. The van der Waals surface area contributed by atoms with Crippen LogP contribution in [0.1, 0.15) is 16.1 Å². The zero-order valence-electron chi connectivity index (χ0n) is 19.7. The number of pyridine rings is 1. The molecule has 4 N–H and O–H groups in total. The Morgan fingerprint density at radius 1 is 1.14 bits per heavy atom. The number of hydrogen-bond acceptors (Lipinski definition) is 8. The Morgan fingerprint density at radius 2 is 2.00 bits per heavy atom. The predicted molar refractivity (Wildman–Crippen MR) is 134 cm³/mol. The number of fused-ring (bicyclic) bond motifs is 2. The molecule has 0 radical (unpaired) electrons. The van der Waals surface area contributed by atoms with Crippen molar-refractivity contribution in [3.8, 4) is 17.0 Å². The molecule has 0 aliphatic carbocycles. The summed E-state index contributed by atoms with van der Waals surface area (Å²) in [4.78, 5) is 32.4. The normalized spacial score (nSPS) is 15.5. The highest BCUT2D eigenvalue weighted by Crippen LogP contribution is 2.41. The second kappa shape index (κ2) is 9.08. The number of ether oxygens (including phenoxy) is 1. The van der Waals surface area contributed by atoms with Gasteiger partial charge in [0.15, 0.2) is 11.6 Å². The molecule has 0 spiro atoms. The number of anilines is 3. The van der Waals surface area contributed by atoms with Crippen molar-refractivity contribution >= 4 is 34.3 Å². The molecule has 11 heteroatoms. The van der Waals surface area contributed by atoms with Crippen LogP contribution in [0, 0.1) is 5.82 Å². The van der Waals surface area contributed by atoms with Crippen LogP contribution in [-0.4, -0.2) is 65.7 Å². The van der Waals surface area contributed by atoms with Crippen molar-refractivity contribution in [2.75, 3.05) is 50.1 Å². The first-order chi connectivity index (χ1) is 17.6. The van der Waals surface area contributed by atoms with Crippen LogP contribution >= 0.6 is 0 Å². The molecule has 0 unspecified atom stereocenters. The van der Waals surface area contributed by atoms with Gasteiger partial charge in [-0.25, -0.2) is 14.4 Å². The zero-order valence-corrected chi connectivity index (χ0v) is 19.7. The van der Waals surface area contributed by atoms with Crippen molar-refractivity contribution in [2.45, 2.75) is 6.42 Å². The number of aromatic amines is 1. The minimum Gasteiger partial charge on any atom is -0.492 e. The first kappa shape index (κ1) is 22.2. The standard InChI is InChI=1S/C25H25FN8O2/c1-36-23-15(26)3-2-4-17(23)32-22-19-16(6-8-29-24(19)35)31-21(22)14-5-7-28-18-13-30-25(33-20(14)18)34-11-9-27-10-12-34/h2-5,7,13,27,31-32H,6,8-12H2,1H3,(H,29,35). The molecule has 0 atom stereocenters. The van der Waals surface area contributed by atoms with Gasteiger partial charge in [-0.15, -0.1) is 0 Å². The van der Waals surface area contributed by atoms with Crippen LogP contribution < -0.4 is 25.6 Å². The van der Waals surface area contributed by atoms with E-state index in [2.05, 4.69) is 35.8 Å². The molecule has 0 saturated carbocycles. The van der Waals surface area contributed by atoms with Gasteiger partial charge >= 0.3 is 0 Å². The highest BCUT2D eigenvalue weighted by atomic mass is 19.1. The van der Waals surface area contributed by atoms with Crippen LogP contribution in [0.15, 0.2) is 36.7 Å². The third kappa shape index (κ3) is 3.77. The summed E-state index contributed by atoms with van der Waals surface area (Å²) in [7, 11) is 1.41. The molecule has 5 heterocycles. The van der Waals surface area contributed by atoms with Gasteiger partial charge < -0.3 is 30.6 Å². The maximum absolute atomic E-state index is 14.5. The fourth-order valence-electron chi connectivity index (χ4n) is 4.80. The van der Waals surface area contributed by atoms with E-state index in [-0.39, 0.29) is 11.7 Å². The van der Waals surface area contributed by atoms with E-state index >= 15 is 0 Å². The summed E-state index contributed by atoms with van der Waals surface area (Å²) in [5.41, 5.74) is 4.96. The van der Waals surface area contributed by atoms with Crippen molar-refractivity contribution in [3.05, 3.63) is 53.7 Å². The van der Waals surface area contributed by atoms with Crippen LogP contribution in [0.5, 0.6) is 5.75 Å². The number of carbonyl (C=O) groups is 1. The van der Waals surface area contributed by atoms with Crippen molar-refractivity contribution in [2.24, 2.45) is 0 Å². The van der Waals surface area contributed by atoms with Gasteiger partial charge in [-0.05, 0) is 18.2 Å². The summed E-state index contributed by atoms with van der Waals surface area (Å²) in [5, 5.41) is 9.51. The lowest BCUT2D eigenvalue weighted by Gasteiger charge is -2.27. The Kier molecular flexibility index (Phi) is 5.61. The van der Waals surface area contributed by atoms with E-state index in [1.54, 1.807) is 24.5 Å². The number of amides is 1. The minimum absolute atomic E-state index is 0.0672. The Balaban J connectivity index is 1.53. The lowest BCUT2D eigenvalue weighted by Crippen LogP contribution is -2.44. The minimum atomic E-state index is -0.499. The van der Waals surface area contributed by atoms with Gasteiger partial charge in [-0.2, -0.15) is 0 Å². The Hall–Kier alpha value is -4.25. The van der Waals surface area contributed by atoms with E-state index < -0.39 is 5.82 Å². The van der Waals surface area contributed by atoms with E-state index in [9.17, 15) is 9.18 Å². The maximum Gasteiger partial charge on any atom is 0.255 e. The summed E-state index contributed by atoms with van der Waals surface area (Å²) >= 11 is 0. The van der Waals surface area contributed by atoms with Gasteiger partial charge in [0.05, 0.1) is 35.9 Å². The van der Waals surface area contributed by atoms with Crippen molar-refractivity contribution < 1.29 is 13.9 Å². The zero-order chi connectivity index (χ0) is 24.6. The molecule has 3 aromatic heterocycles. The number of nitrogens with one attached hydrogen (secondary N) is 4. The number of para-hydroxylation sites is 1. The quantitative estimate of drug-likeness (QED) is 0.339. The molecule has 0 bridgehead atoms. The number of rotatable bonds is 5. The van der Waals surface area contributed by atoms with Crippen LogP contribution in [0.25, 0.3) is 22.3 Å². The summed E-state index contributed by atoms with van der Waals surface area (Å²) in [5.74, 6) is -0.00192. The number of piperazine rings is 1. The number of halogens is 1. The van der Waals surface area contributed by atoms with E-state index in [1.807, 2.05) is 6.07 Å². The van der Waals surface area contributed by atoms with E-state index in [0.29, 0.717) is 52.6 Å². The van der Waals surface area contributed by atoms with Crippen LogP contribution in [0.2, 0.25) is 0 Å². The lowest BCUT2D eigenvalue weighted by atomic mass is 10.0. The molecule has 1 fully saturated rings. The molecule has 1 amide bonds. The van der Waals surface area contributed by atoms with Gasteiger partial charge in [0, 0.05) is 56.6 Å². The van der Waals surface area contributed by atoms with Crippen molar-refractivity contribution in [1.29, 1.82) is 0 Å². The van der Waals surface area contributed by atoms with E-state index in [0.717, 1.165) is 37.4 Å². The molecule has 184 valence electrons. The fraction of sp³-hybridized carbons (Fsp3) is 0.280. The molecule has 1 aromatic carbocycles. The Bertz CT molecular complexity index is 1460. The average molecular weight is 489 g/mol. The second-order valence-electron chi connectivity index (χ2n) is 8.68. The van der Waals surface area contributed by atoms with E-state index in [4.69, 9.17) is 9.72 Å². The van der Waals surface area contributed by atoms with Crippen LogP contribution in [-0.2, 0) is 6.42 Å². The van der Waals surface area contributed by atoms with Crippen LogP contribution in [0.4, 0.5) is 21.7 Å². The summed E-state index contributed by atoms with van der Waals surface area (Å²) in [6.07, 6.45) is 4.06. The second-order valence-corrected chi connectivity index (χ2v) is 8.68. The van der Waals surface area contributed by atoms with Gasteiger partial charge in [-0.3, -0.25) is 9.78 Å². The molecule has 2 aliphatic heterocycles. The van der Waals surface area contributed by atoms with Gasteiger partial charge in [0.2, 0.25) is 5.95 Å². The first-order valence-electron chi connectivity index (χ1n) is 11.8. The average Bonchev–Trinajstić information content (AvgIpc) is 3.28. The topological polar surface area (TPSA) is 120 Å². The molecular formula is C25H25FN8O2. The SMILES string of the molecule is COc1c(F)cccc1Nc1c(-c2ccnc3cnc(N4CCNCC4)nc23)[nH]c2c1C(=O)NCC2. The smallest absolute Gasteiger partial charge is 0.255 e. The van der Waals surface area contributed by atoms with Crippen molar-refractivity contribution in [3.63, 3.8) is 0 Å². The molecule has 4 aromatic rings. The monoisotopic (exact) mass is 488 g/mol. The highest BCUT2D eigenvalue weighted by molar-refractivity contribution is 6.08. The maximum atomic E-state index is 14.5. The van der Waals surface area contributed by atoms with Gasteiger partial charge in [0.1, 0.15) is 11.0 Å². The fourth-order valence-corrected chi connectivity index (χ4v) is 4.80. The summed E-state index contributed by atoms with van der Waals surface area (Å²) in [6, 6.07) is 6.49. The number of hydrogen-bond donors (Lipinski definition) is 4. The largest absolute Gasteiger partial charge is 0.492 e. The van der Waals surface area contributed by atoms with Crippen LogP contribution in [0.3, 0.4) is 0 Å². The third-order valence-electron chi connectivity index (χ3n) is 6.53. The van der Waals surface area contributed by atoms with E-state index in [1.165, 1.54) is 13.2 Å². The number of methoxy groups -OCH3 is 1. The number of aromatic nitrogens is 4. The van der Waals surface area contributed by atoms with Gasteiger partial charge in [-0.1, -0.05) is 6.07 Å². The number of nitrogens with zero attached hydrogens (tertiary/aromatic N) is 4. The van der Waals surface area contributed by atoms with Crippen molar-refractivity contribution in [1.82, 2.24) is 30.6 Å². The number of carbonyl (C=O) groups excluding carboxylic acids is 1. The lowest BCUT2D eigenvalue weighted by molar-refractivity contribution is 0.0947. The van der Waals surface area contributed by atoms with Gasteiger partial charge in [0.25, 0.3) is 5.91 Å². The first-order valence-corrected chi connectivity index (χ1v) is 11.8. The molecule has 6 rings (SSSR count). The summed E-state index contributed by atoms with van der Waals surface area (Å²) in [6.45, 7) is 3.88.